The third-order valence-corrected chi connectivity index (χ3v) is 4.81. The van der Waals surface area contributed by atoms with E-state index in [9.17, 15) is 4.79 Å². The molecule has 0 spiro atoms. The molecule has 0 N–H and O–H groups in total. The van der Waals surface area contributed by atoms with Gasteiger partial charge in [-0.05, 0) is 42.3 Å². The molecule has 3 aromatic rings. The molecular weight excluding hydrogens is 376 g/mol. The van der Waals surface area contributed by atoms with Gasteiger partial charge in [0.1, 0.15) is 12.4 Å². The van der Waals surface area contributed by atoms with Gasteiger partial charge in [-0.2, -0.15) is 0 Å². The smallest absolute Gasteiger partial charge is 0.343 e. The molecule has 0 aromatic heterocycles. The zero-order chi connectivity index (χ0) is 20.9. The van der Waals surface area contributed by atoms with Gasteiger partial charge in [0, 0.05) is 5.56 Å². The van der Waals surface area contributed by atoms with Crippen LogP contribution < -0.4 is 9.47 Å². The van der Waals surface area contributed by atoms with Gasteiger partial charge >= 0.3 is 5.97 Å². The van der Waals surface area contributed by atoms with E-state index in [1.54, 1.807) is 19.3 Å². The van der Waals surface area contributed by atoms with Crippen molar-refractivity contribution in [2.45, 2.75) is 13.5 Å². The van der Waals surface area contributed by atoms with Gasteiger partial charge in [0.15, 0.2) is 11.5 Å². The van der Waals surface area contributed by atoms with Crippen molar-refractivity contribution in [1.29, 1.82) is 0 Å². The number of esters is 1. The van der Waals surface area contributed by atoms with E-state index in [0.717, 1.165) is 22.3 Å². The molecule has 150 valence electrons. The lowest BCUT2D eigenvalue weighted by Crippen LogP contribution is -1.99. The number of hydrogen-bond acceptors (Lipinski definition) is 4. The highest BCUT2D eigenvalue weighted by molar-refractivity contribution is 6.05. The van der Waals surface area contributed by atoms with Gasteiger partial charge in [-0.1, -0.05) is 66.2 Å². The van der Waals surface area contributed by atoms with E-state index in [1.165, 1.54) is 0 Å². The third kappa shape index (κ3) is 4.44. The van der Waals surface area contributed by atoms with E-state index < -0.39 is 0 Å². The van der Waals surface area contributed by atoms with Gasteiger partial charge in [-0.15, -0.1) is 0 Å². The van der Waals surface area contributed by atoms with Gasteiger partial charge in [0.2, 0.25) is 0 Å². The lowest BCUT2D eigenvalue weighted by Gasteiger charge is -2.11. The van der Waals surface area contributed by atoms with Crippen molar-refractivity contribution < 1.29 is 19.0 Å². The Kier molecular flexibility index (Phi) is 5.66. The fourth-order valence-corrected chi connectivity index (χ4v) is 3.16. The Labute approximate surface area is 176 Å². The first-order valence-corrected chi connectivity index (χ1v) is 9.70. The average Bonchev–Trinajstić information content (AvgIpc) is 3.14. The largest absolute Gasteiger partial charge is 0.493 e. The Balaban J connectivity index is 1.54. The molecule has 0 fully saturated rings. The zero-order valence-electron chi connectivity index (χ0n) is 16.9. The summed E-state index contributed by atoms with van der Waals surface area (Å²) in [4.78, 5) is 12.3. The first kappa shape index (κ1) is 19.5. The van der Waals surface area contributed by atoms with Gasteiger partial charge < -0.3 is 14.2 Å². The molecule has 0 atom stereocenters. The number of benzene rings is 3. The van der Waals surface area contributed by atoms with Crippen LogP contribution in [0.15, 0.2) is 84.4 Å². The molecule has 4 nitrogen and oxygen atoms in total. The summed E-state index contributed by atoms with van der Waals surface area (Å²) < 4.78 is 16.8. The van der Waals surface area contributed by atoms with Crippen LogP contribution in [0.1, 0.15) is 22.3 Å². The summed E-state index contributed by atoms with van der Waals surface area (Å²) in [6.45, 7) is 2.47. The van der Waals surface area contributed by atoms with Gasteiger partial charge in [0.05, 0.1) is 12.7 Å². The van der Waals surface area contributed by atoms with E-state index in [1.807, 2.05) is 79.7 Å². The molecule has 4 rings (SSSR count). The number of carbonyl (C=O) groups is 1. The predicted molar refractivity (Wildman–Crippen MR) is 117 cm³/mol. The second-order valence-electron chi connectivity index (χ2n) is 7.05. The molecular formula is C26H22O4. The monoisotopic (exact) mass is 398 g/mol. The topological polar surface area (TPSA) is 44.8 Å². The van der Waals surface area contributed by atoms with Crippen molar-refractivity contribution in [2.75, 3.05) is 7.11 Å². The molecule has 3 aromatic carbocycles. The van der Waals surface area contributed by atoms with Gasteiger partial charge in [-0.25, -0.2) is 4.79 Å². The first-order valence-electron chi connectivity index (χ1n) is 9.70. The second kappa shape index (κ2) is 8.70. The van der Waals surface area contributed by atoms with E-state index in [0.29, 0.717) is 29.4 Å². The number of hydrogen-bond donors (Lipinski definition) is 0. The highest BCUT2D eigenvalue weighted by Crippen LogP contribution is 2.32. The van der Waals surface area contributed by atoms with Crippen LogP contribution in [-0.4, -0.2) is 13.1 Å². The normalized spacial score (nSPS) is 14.4. The molecule has 0 radical (unpaired) electrons. The summed E-state index contributed by atoms with van der Waals surface area (Å²) in [5, 5.41) is 0. The quantitative estimate of drug-likeness (QED) is 0.403. The highest BCUT2D eigenvalue weighted by Gasteiger charge is 2.22. The summed E-state index contributed by atoms with van der Waals surface area (Å²) in [6, 6.07) is 23.4. The molecule has 0 saturated carbocycles. The van der Waals surface area contributed by atoms with Crippen LogP contribution in [0.5, 0.6) is 11.5 Å². The molecule has 1 heterocycles. The van der Waals surface area contributed by atoms with Crippen LogP contribution in [-0.2, 0) is 16.1 Å². The lowest BCUT2D eigenvalue weighted by molar-refractivity contribution is -0.130. The Morgan fingerprint density at radius 1 is 0.933 bits per heavy atom. The molecule has 0 unspecified atom stereocenters. The SMILES string of the molecule is COc1cc(/C=C2\C=C(c3ccc(C)cc3)OC2=O)ccc1OCc1ccccc1. The van der Waals surface area contributed by atoms with Crippen molar-refractivity contribution >= 4 is 17.8 Å². The standard InChI is InChI=1S/C26H22O4/c1-18-8-11-21(12-9-18)24-16-22(26(27)30-24)14-20-10-13-23(25(15-20)28-2)29-17-19-6-4-3-5-7-19/h3-16H,17H2,1-2H3/b22-14+. The maximum atomic E-state index is 12.3. The van der Waals surface area contributed by atoms with Crippen LogP contribution >= 0.6 is 0 Å². The summed E-state index contributed by atoms with van der Waals surface area (Å²) in [7, 11) is 1.60. The van der Waals surface area contributed by atoms with Crippen LogP contribution in [0.25, 0.3) is 11.8 Å². The van der Waals surface area contributed by atoms with Crippen LogP contribution in [0, 0.1) is 6.92 Å². The van der Waals surface area contributed by atoms with Crippen molar-refractivity contribution in [3.05, 3.63) is 107 Å². The van der Waals surface area contributed by atoms with Gasteiger partial charge in [-0.3, -0.25) is 0 Å². The molecule has 30 heavy (non-hydrogen) atoms. The van der Waals surface area contributed by atoms with E-state index in [4.69, 9.17) is 14.2 Å². The minimum absolute atomic E-state index is 0.367. The molecule has 0 aliphatic carbocycles. The number of ether oxygens (including phenoxy) is 3. The summed E-state index contributed by atoms with van der Waals surface area (Å²) in [5.41, 5.74) is 4.42. The molecule has 0 bridgehead atoms. The van der Waals surface area contributed by atoms with E-state index >= 15 is 0 Å². The van der Waals surface area contributed by atoms with Crippen molar-refractivity contribution in [1.82, 2.24) is 0 Å². The predicted octanol–water partition coefficient (Wildman–Crippen LogP) is 5.56. The van der Waals surface area contributed by atoms with E-state index in [-0.39, 0.29) is 5.97 Å². The molecule has 0 amide bonds. The first-order chi connectivity index (χ1) is 14.6. The third-order valence-electron chi connectivity index (χ3n) is 4.81. The Morgan fingerprint density at radius 3 is 2.43 bits per heavy atom. The minimum atomic E-state index is -0.367. The van der Waals surface area contributed by atoms with Crippen molar-refractivity contribution in [3.63, 3.8) is 0 Å². The van der Waals surface area contributed by atoms with Crippen molar-refractivity contribution in [3.8, 4) is 11.5 Å². The number of methoxy groups -OCH3 is 1. The van der Waals surface area contributed by atoms with Crippen LogP contribution in [0.4, 0.5) is 0 Å². The summed E-state index contributed by atoms with van der Waals surface area (Å²) in [6.07, 6.45) is 3.55. The van der Waals surface area contributed by atoms with Crippen molar-refractivity contribution in [2.24, 2.45) is 0 Å². The summed E-state index contributed by atoms with van der Waals surface area (Å²) >= 11 is 0. The van der Waals surface area contributed by atoms with Crippen LogP contribution in [0.3, 0.4) is 0 Å². The second-order valence-corrected chi connectivity index (χ2v) is 7.05. The van der Waals surface area contributed by atoms with E-state index in [2.05, 4.69) is 0 Å². The average molecular weight is 398 g/mol. The lowest BCUT2D eigenvalue weighted by atomic mass is 10.1. The Hall–Kier alpha value is -3.79. The maximum Gasteiger partial charge on any atom is 0.343 e. The zero-order valence-corrected chi connectivity index (χ0v) is 16.9. The molecule has 1 aliphatic rings. The maximum absolute atomic E-state index is 12.3. The molecule has 1 aliphatic heterocycles. The molecule has 0 saturated heterocycles. The minimum Gasteiger partial charge on any atom is -0.493 e. The number of carbonyl (C=O) groups excluding carboxylic acids is 1. The Bertz CT molecular complexity index is 1110. The van der Waals surface area contributed by atoms with Crippen LogP contribution in [0.2, 0.25) is 0 Å². The fourth-order valence-electron chi connectivity index (χ4n) is 3.16. The summed E-state index contributed by atoms with van der Waals surface area (Å²) in [5.74, 6) is 1.44. The number of cyclic esters (lactones) is 1. The van der Waals surface area contributed by atoms with Gasteiger partial charge in [0.25, 0.3) is 0 Å². The number of aryl methyl sites for hydroxylation is 1. The molecule has 4 heteroatoms. The Morgan fingerprint density at radius 2 is 1.70 bits per heavy atom. The highest BCUT2D eigenvalue weighted by atomic mass is 16.5. The number of rotatable bonds is 6. The fraction of sp³-hybridized carbons (Fsp3) is 0.115.